The molecule has 0 fully saturated rings. The van der Waals surface area contributed by atoms with E-state index in [0.29, 0.717) is 0 Å². The number of hydrogen-bond acceptors (Lipinski definition) is 7. The molecule has 0 spiro atoms. The normalized spacial score (nSPS) is 12.5. The van der Waals surface area contributed by atoms with Gasteiger partial charge in [0.25, 0.3) is 0 Å². The third-order valence-corrected chi connectivity index (χ3v) is 4.97. The van der Waals surface area contributed by atoms with Gasteiger partial charge in [-0.3, -0.25) is 0 Å². The fraction of sp³-hybridized carbons (Fsp3) is 0.273. The van der Waals surface area contributed by atoms with Crippen molar-refractivity contribution in [2.45, 2.75) is 23.6 Å². The van der Waals surface area contributed by atoms with Crippen LogP contribution in [0.25, 0.3) is 0 Å². The van der Waals surface area contributed by atoms with Gasteiger partial charge >= 0.3 is 5.22 Å². The first-order chi connectivity index (χ1) is 10.1. The average Bonchev–Trinajstić information content (AvgIpc) is 2.84. The Kier molecular flexibility index (Phi) is 4.31. The topological polar surface area (TPSA) is 119 Å². The standard InChI is InChI=1S/C11H12FN3O5S2/c1-7-5-8(12)3-4-9(7)22(18,19)13-6-10-14-15-11(20-10)21(2,16)17/h3-5,13H,6H2,1-2H3. The van der Waals surface area contributed by atoms with Gasteiger partial charge in [-0.1, -0.05) is 5.10 Å². The maximum atomic E-state index is 13.0. The van der Waals surface area contributed by atoms with Gasteiger partial charge in [-0.2, -0.15) is 0 Å². The molecule has 1 aromatic carbocycles. The van der Waals surface area contributed by atoms with E-state index in [0.717, 1.165) is 24.5 Å². The van der Waals surface area contributed by atoms with Gasteiger partial charge in [-0.25, -0.2) is 25.9 Å². The second-order valence-corrected chi connectivity index (χ2v) is 8.10. The molecule has 0 saturated carbocycles. The molecule has 0 aliphatic heterocycles. The summed E-state index contributed by atoms with van der Waals surface area (Å²) in [6.07, 6.45) is 0.885. The number of nitrogens with one attached hydrogen (secondary N) is 1. The number of nitrogens with zero attached hydrogens (tertiary/aromatic N) is 2. The van der Waals surface area contributed by atoms with Crippen molar-refractivity contribution in [3.05, 3.63) is 35.5 Å². The number of sulfonamides is 1. The summed E-state index contributed by atoms with van der Waals surface area (Å²) in [5, 5.41) is 6.14. The highest BCUT2D eigenvalue weighted by atomic mass is 32.2. The molecule has 2 aromatic rings. The van der Waals surface area contributed by atoms with Crippen LogP contribution < -0.4 is 4.72 Å². The molecule has 2 rings (SSSR count). The minimum absolute atomic E-state index is 0.100. The van der Waals surface area contributed by atoms with E-state index in [9.17, 15) is 21.2 Å². The number of aromatic nitrogens is 2. The fourth-order valence-corrected chi connectivity index (χ4v) is 3.24. The number of halogens is 1. The van der Waals surface area contributed by atoms with Gasteiger partial charge in [0.1, 0.15) is 5.82 Å². The van der Waals surface area contributed by atoms with Gasteiger partial charge in [0.05, 0.1) is 11.4 Å². The van der Waals surface area contributed by atoms with E-state index in [-0.39, 0.29) is 22.9 Å². The van der Waals surface area contributed by atoms with Crippen molar-refractivity contribution in [3.8, 4) is 0 Å². The Labute approximate surface area is 126 Å². The Morgan fingerprint density at radius 2 is 1.91 bits per heavy atom. The largest absolute Gasteiger partial charge is 0.411 e. The molecular formula is C11H12FN3O5S2. The zero-order valence-electron chi connectivity index (χ0n) is 11.6. The monoisotopic (exact) mass is 349 g/mol. The Balaban J connectivity index is 2.18. The number of aryl methyl sites for hydroxylation is 1. The smallest absolute Gasteiger partial charge is 0.335 e. The van der Waals surface area contributed by atoms with Crippen LogP contribution in [0.4, 0.5) is 4.39 Å². The van der Waals surface area contributed by atoms with Crippen molar-refractivity contribution in [1.82, 2.24) is 14.9 Å². The molecular weight excluding hydrogens is 337 g/mol. The van der Waals surface area contributed by atoms with Crippen molar-refractivity contribution in [2.75, 3.05) is 6.26 Å². The van der Waals surface area contributed by atoms with Crippen molar-refractivity contribution in [3.63, 3.8) is 0 Å². The van der Waals surface area contributed by atoms with Gasteiger partial charge in [0.2, 0.25) is 25.8 Å². The highest BCUT2D eigenvalue weighted by Crippen LogP contribution is 2.16. The number of sulfone groups is 1. The number of rotatable bonds is 5. The van der Waals surface area contributed by atoms with E-state index >= 15 is 0 Å². The molecule has 0 bridgehead atoms. The van der Waals surface area contributed by atoms with E-state index < -0.39 is 30.9 Å². The van der Waals surface area contributed by atoms with Crippen LogP contribution in [-0.2, 0) is 26.4 Å². The maximum absolute atomic E-state index is 13.0. The summed E-state index contributed by atoms with van der Waals surface area (Å²) in [7, 11) is -7.58. The second kappa shape index (κ2) is 5.74. The van der Waals surface area contributed by atoms with E-state index in [1.807, 2.05) is 0 Å². The molecule has 0 amide bonds. The van der Waals surface area contributed by atoms with Crippen molar-refractivity contribution >= 4 is 19.9 Å². The quantitative estimate of drug-likeness (QED) is 0.829. The molecule has 0 saturated heterocycles. The summed E-state index contributed by atoms with van der Waals surface area (Å²) < 4.78 is 66.6. The van der Waals surface area contributed by atoms with Crippen LogP contribution in [0.2, 0.25) is 0 Å². The van der Waals surface area contributed by atoms with Gasteiger partial charge in [-0.15, -0.1) is 5.10 Å². The predicted octanol–water partition coefficient (Wildman–Crippen LogP) is 0.399. The molecule has 0 aliphatic carbocycles. The average molecular weight is 349 g/mol. The molecule has 11 heteroatoms. The van der Waals surface area contributed by atoms with Crippen LogP contribution in [-0.4, -0.2) is 33.3 Å². The molecule has 0 radical (unpaired) electrons. The highest BCUT2D eigenvalue weighted by molar-refractivity contribution is 7.90. The third-order valence-electron chi connectivity index (χ3n) is 2.61. The molecule has 1 heterocycles. The van der Waals surface area contributed by atoms with Crippen LogP contribution in [0.3, 0.4) is 0 Å². The maximum Gasteiger partial charge on any atom is 0.335 e. The summed E-state index contributed by atoms with van der Waals surface area (Å²) in [6.45, 7) is 1.06. The zero-order chi connectivity index (χ0) is 16.5. The molecule has 0 atom stereocenters. The summed E-state index contributed by atoms with van der Waals surface area (Å²) in [5.74, 6) is -0.755. The van der Waals surface area contributed by atoms with E-state index in [1.54, 1.807) is 0 Å². The lowest BCUT2D eigenvalue weighted by atomic mass is 10.2. The van der Waals surface area contributed by atoms with Crippen LogP contribution in [0.5, 0.6) is 0 Å². The van der Waals surface area contributed by atoms with Crippen LogP contribution in [0.1, 0.15) is 11.5 Å². The predicted molar refractivity (Wildman–Crippen MR) is 72.6 cm³/mol. The zero-order valence-corrected chi connectivity index (χ0v) is 13.2. The van der Waals surface area contributed by atoms with Gasteiger partial charge in [0.15, 0.2) is 0 Å². The number of benzene rings is 1. The van der Waals surface area contributed by atoms with Crippen molar-refractivity contribution in [2.24, 2.45) is 0 Å². The first kappa shape index (κ1) is 16.5. The first-order valence-corrected chi connectivity index (χ1v) is 9.25. The molecule has 22 heavy (non-hydrogen) atoms. The lowest BCUT2D eigenvalue weighted by Gasteiger charge is -2.07. The van der Waals surface area contributed by atoms with Crippen molar-refractivity contribution < 1.29 is 25.6 Å². The lowest BCUT2D eigenvalue weighted by molar-refractivity contribution is 0.394. The summed E-state index contributed by atoms with van der Waals surface area (Å²) in [4.78, 5) is -0.100. The highest BCUT2D eigenvalue weighted by Gasteiger charge is 2.20. The summed E-state index contributed by atoms with van der Waals surface area (Å²) >= 11 is 0. The Morgan fingerprint density at radius 3 is 2.45 bits per heavy atom. The first-order valence-electron chi connectivity index (χ1n) is 5.88. The molecule has 1 N–H and O–H groups in total. The molecule has 8 nitrogen and oxygen atoms in total. The van der Waals surface area contributed by atoms with Crippen molar-refractivity contribution in [1.29, 1.82) is 0 Å². The summed E-state index contributed by atoms with van der Waals surface area (Å²) in [5.41, 5.74) is 0.231. The molecule has 0 aliphatic rings. The Bertz CT molecular complexity index is 906. The van der Waals surface area contributed by atoms with Crippen LogP contribution in [0.15, 0.2) is 32.7 Å². The van der Waals surface area contributed by atoms with Gasteiger partial charge in [-0.05, 0) is 30.7 Å². The second-order valence-electron chi connectivity index (χ2n) is 4.47. The SMILES string of the molecule is Cc1cc(F)ccc1S(=O)(=O)NCc1nnc(S(C)(=O)=O)o1. The van der Waals surface area contributed by atoms with Crippen LogP contribution >= 0.6 is 0 Å². The molecule has 1 aromatic heterocycles. The Hall–Kier alpha value is -1.85. The van der Waals surface area contributed by atoms with E-state index in [1.165, 1.54) is 6.92 Å². The van der Waals surface area contributed by atoms with Crippen LogP contribution in [0, 0.1) is 12.7 Å². The summed E-state index contributed by atoms with van der Waals surface area (Å²) in [6, 6.07) is 3.24. The fourth-order valence-electron chi connectivity index (χ4n) is 1.61. The van der Waals surface area contributed by atoms with Gasteiger partial charge < -0.3 is 4.42 Å². The van der Waals surface area contributed by atoms with Gasteiger partial charge in [0, 0.05) is 6.26 Å². The molecule has 0 unspecified atom stereocenters. The lowest BCUT2D eigenvalue weighted by Crippen LogP contribution is -2.24. The minimum Gasteiger partial charge on any atom is -0.411 e. The molecule has 120 valence electrons. The van der Waals surface area contributed by atoms with E-state index in [4.69, 9.17) is 4.42 Å². The third kappa shape index (κ3) is 3.67. The van der Waals surface area contributed by atoms with E-state index in [2.05, 4.69) is 14.9 Å². The minimum atomic E-state index is -3.93. The Morgan fingerprint density at radius 1 is 1.23 bits per heavy atom. The number of hydrogen-bond donors (Lipinski definition) is 1.